The molecule has 0 atom stereocenters. The first-order valence-corrected chi connectivity index (χ1v) is 6.95. The lowest BCUT2D eigenvalue weighted by molar-refractivity contribution is -0.141. The minimum Gasteiger partial charge on any atom is -0.369 e. The van der Waals surface area contributed by atoms with Crippen LogP contribution in [0.2, 0.25) is 0 Å². The molecule has 3 rings (SSSR count). The Kier molecular flexibility index (Phi) is 3.62. The van der Waals surface area contributed by atoms with Crippen LogP contribution >= 0.6 is 0 Å². The normalized spacial score (nSPS) is 15.2. The van der Waals surface area contributed by atoms with E-state index in [1.807, 2.05) is 18.2 Å². The van der Waals surface area contributed by atoms with Crippen molar-refractivity contribution in [3.8, 4) is 0 Å². The highest BCUT2D eigenvalue weighted by Gasteiger charge is 2.12. The van der Waals surface area contributed by atoms with Gasteiger partial charge in [-0.2, -0.15) is 0 Å². The number of aromatic nitrogens is 1. The molecule has 21 heavy (non-hydrogen) atoms. The molecular formula is C15H17N3O3. The fourth-order valence-electron chi connectivity index (χ4n) is 2.54. The predicted octanol–water partition coefficient (Wildman–Crippen LogP) is 0.386. The van der Waals surface area contributed by atoms with Gasteiger partial charge < -0.3 is 15.1 Å². The number of pyridine rings is 1. The summed E-state index contributed by atoms with van der Waals surface area (Å²) in [6, 6.07) is 7.57. The van der Waals surface area contributed by atoms with Crippen LogP contribution in [0.15, 0.2) is 35.3 Å². The topological polar surface area (TPSA) is 63.6 Å². The third-order valence-electron chi connectivity index (χ3n) is 3.57. The minimum absolute atomic E-state index is 0.320. The molecule has 6 nitrogen and oxygen atoms in total. The summed E-state index contributed by atoms with van der Waals surface area (Å²) in [6.07, 6.45) is 1.47. The Morgan fingerprint density at radius 3 is 2.71 bits per heavy atom. The summed E-state index contributed by atoms with van der Waals surface area (Å²) in [6.45, 7) is 4.97. The highest BCUT2D eigenvalue weighted by molar-refractivity contribution is 5.85. The summed E-state index contributed by atoms with van der Waals surface area (Å²) in [7, 11) is 0. The van der Waals surface area contributed by atoms with Gasteiger partial charge in [0, 0.05) is 45.0 Å². The van der Waals surface area contributed by atoms with Crippen LogP contribution < -0.4 is 20.6 Å². The zero-order valence-electron chi connectivity index (χ0n) is 11.8. The van der Waals surface area contributed by atoms with E-state index in [4.69, 9.17) is 4.84 Å². The quantitative estimate of drug-likeness (QED) is 0.865. The van der Waals surface area contributed by atoms with E-state index in [0.29, 0.717) is 5.39 Å². The van der Waals surface area contributed by atoms with Gasteiger partial charge in [0.25, 0.3) is 5.56 Å². The summed E-state index contributed by atoms with van der Waals surface area (Å²) >= 11 is 0. The lowest BCUT2D eigenvalue weighted by Gasteiger charge is -2.29. The van der Waals surface area contributed by atoms with E-state index in [9.17, 15) is 9.59 Å². The van der Waals surface area contributed by atoms with E-state index < -0.39 is 5.97 Å². The Balaban J connectivity index is 2.04. The summed E-state index contributed by atoms with van der Waals surface area (Å²) in [4.78, 5) is 30.5. The minimum atomic E-state index is -0.519. The van der Waals surface area contributed by atoms with Crippen molar-refractivity contribution in [1.29, 1.82) is 0 Å². The van der Waals surface area contributed by atoms with Crippen LogP contribution in [0, 0.1) is 0 Å². The summed E-state index contributed by atoms with van der Waals surface area (Å²) in [5.74, 6) is -0.519. The van der Waals surface area contributed by atoms with Crippen molar-refractivity contribution in [2.45, 2.75) is 6.92 Å². The number of benzene rings is 1. The third-order valence-corrected chi connectivity index (χ3v) is 3.57. The zero-order chi connectivity index (χ0) is 14.8. The number of piperazine rings is 1. The fraction of sp³-hybridized carbons (Fsp3) is 0.333. The van der Waals surface area contributed by atoms with Gasteiger partial charge in [-0.25, -0.2) is 4.79 Å². The predicted molar refractivity (Wildman–Crippen MR) is 80.6 cm³/mol. The molecule has 1 fully saturated rings. The number of hydrogen-bond acceptors (Lipinski definition) is 5. The number of fused-ring (bicyclic) bond motifs is 1. The largest absolute Gasteiger partial charge is 0.369 e. The fourth-order valence-corrected chi connectivity index (χ4v) is 2.54. The number of rotatable bonds is 2. The lowest BCUT2D eigenvalue weighted by atomic mass is 10.1. The number of carbonyl (C=O) groups is 1. The molecule has 1 aliphatic rings. The Bertz CT molecular complexity index is 733. The summed E-state index contributed by atoms with van der Waals surface area (Å²) in [5.41, 5.74) is 0.696. The SMILES string of the molecule is CC(=O)On1ccc2ccc(N3CCNCC3)cc2c1=O. The highest BCUT2D eigenvalue weighted by atomic mass is 16.7. The van der Waals surface area contributed by atoms with Crippen molar-refractivity contribution < 1.29 is 9.63 Å². The van der Waals surface area contributed by atoms with Gasteiger partial charge in [-0.3, -0.25) is 4.79 Å². The van der Waals surface area contributed by atoms with E-state index in [-0.39, 0.29) is 5.56 Å². The monoisotopic (exact) mass is 287 g/mol. The van der Waals surface area contributed by atoms with Gasteiger partial charge in [-0.1, -0.05) is 6.07 Å². The number of hydrogen-bond donors (Lipinski definition) is 1. The van der Waals surface area contributed by atoms with Crippen molar-refractivity contribution >= 4 is 22.4 Å². The van der Waals surface area contributed by atoms with E-state index >= 15 is 0 Å². The first-order valence-electron chi connectivity index (χ1n) is 6.95. The molecule has 0 aliphatic carbocycles. The van der Waals surface area contributed by atoms with Crippen LogP contribution in [0.3, 0.4) is 0 Å². The Morgan fingerprint density at radius 2 is 2.00 bits per heavy atom. The second-order valence-electron chi connectivity index (χ2n) is 5.04. The molecule has 0 amide bonds. The van der Waals surface area contributed by atoms with Gasteiger partial charge in [0.15, 0.2) is 0 Å². The maximum absolute atomic E-state index is 12.4. The van der Waals surface area contributed by atoms with Crippen LogP contribution in [0.5, 0.6) is 0 Å². The standard InChI is InChI=1S/C15H17N3O3/c1-11(19)21-18-7-4-12-2-3-13(10-14(12)15(18)20)17-8-5-16-6-9-17/h2-4,7,10,16H,5-6,8-9H2,1H3. The molecule has 1 N–H and O–H groups in total. The van der Waals surface area contributed by atoms with Crippen LogP contribution in [-0.4, -0.2) is 36.9 Å². The van der Waals surface area contributed by atoms with Crippen molar-refractivity contribution in [3.05, 3.63) is 40.8 Å². The number of nitrogens with zero attached hydrogens (tertiary/aromatic N) is 2. The molecule has 0 saturated carbocycles. The molecular weight excluding hydrogens is 270 g/mol. The zero-order valence-corrected chi connectivity index (χ0v) is 11.8. The third kappa shape index (κ3) is 2.75. The average Bonchev–Trinajstić information content (AvgIpc) is 2.50. The van der Waals surface area contributed by atoms with Crippen LogP contribution in [0.4, 0.5) is 5.69 Å². The molecule has 1 aromatic heterocycles. The first-order chi connectivity index (χ1) is 10.1. The van der Waals surface area contributed by atoms with Gasteiger partial charge in [0.05, 0.1) is 5.39 Å². The van der Waals surface area contributed by atoms with Gasteiger partial charge in [-0.15, -0.1) is 4.73 Å². The van der Waals surface area contributed by atoms with Crippen molar-refractivity contribution in [1.82, 2.24) is 10.0 Å². The first kappa shape index (κ1) is 13.6. The maximum atomic E-state index is 12.4. The second-order valence-corrected chi connectivity index (χ2v) is 5.04. The van der Waals surface area contributed by atoms with Crippen molar-refractivity contribution in [2.75, 3.05) is 31.1 Å². The number of carbonyl (C=O) groups excluding carboxylic acids is 1. The Labute approximate surface area is 121 Å². The molecule has 6 heteroatoms. The molecule has 0 radical (unpaired) electrons. The van der Waals surface area contributed by atoms with E-state index in [0.717, 1.165) is 42.0 Å². The van der Waals surface area contributed by atoms with E-state index in [2.05, 4.69) is 10.2 Å². The highest BCUT2D eigenvalue weighted by Crippen LogP contribution is 2.20. The van der Waals surface area contributed by atoms with Gasteiger partial charge >= 0.3 is 5.97 Å². The molecule has 1 saturated heterocycles. The molecule has 0 bridgehead atoms. The van der Waals surface area contributed by atoms with Crippen molar-refractivity contribution in [2.24, 2.45) is 0 Å². The molecule has 0 spiro atoms. The van der Waals surface area contributed by atoms with Crippen molar-refractivity contribution in [3.63, 3.8) is 0 Å². The molecule has 110 valence electrons. The molecule has 1 aliphatic heterocycles. The second kappa shape index (κ2) is 5.57. The van der Waals surface area contributed by atoms with Gasteiger partial charge in [0.1, 0.15) is 0 Å². The molecule has 1 aromatic carbocycles. The van der Waals surface area contributed by atoms with E-state index in [1.165, 1.54) is 13.1 Å². The van der Waals surface area contributed by atoms with Crippen LogP contribution in [-0.2, 0) is 4.79 Å². The summed E-state index contributed by atoms with van der Waals surface area (Å²) < 4.78 is 0.978. The average molecular weight is 287 g/mol. The maximum Gasteiger partial charge on any atom is 0.330 e. The lowest BCUT2D eigenvalue weighted by Crippen LogP contribution is -2.43. The number of anilines is 1. The van der Waals surface area contributed by atoms with Gasteiger partial charge in [0.2, 0.25) is 0 Å². The molecule has 2 aromatic rings. The molecule has 0 unspecified atom stereocenters. The van der Waals surface area contributed by atoms with Crippen LogP contribution in [0.25, 0.3) is 10.8 Å². The molecule has 2 heterocycles. The summed E-state index contributed by atoms with van der Waals surface area (Å²) in [5, 5.41) is 4.68. The van der Waals surface area contributed by atoms with Crippen LogP contribution in [0.1, 0.15) is 6.92 Å². The Morgan fingerprint density at radius 1 is 1.24 bits per heavy atom. The Hall–Kier alpha value is -2.34. The number of nitrogens with one attached hydrogen (secondary N) is 1. The van der Waals surface area contributed by atoms with E-state index in [1.54, 1.807) is 6.07 Å². The smallest absolute Gasteiger partial charge is 0.330 e. The van der Waals surface area contributed by atoms with Gasteiger partial charge in [-0.05, 0) is 23.6 Å².